The zero-order valence-electron chi connectivity index (χ0n) is 16.1. The first-order valence-corrected chi connectivity index (χ1v) is 10.6. The molecule has 3 heterocycles. The van der Waals surface area contributed by atoms with Crippen molar-refractivity contribution in [1.29, 1.82) is 0 Å². The molecule has 0 saturated carbocycles. The quantitative estimate of drug-likeness (QED) is 0.870. The summed E-state index contributed by atoms with van der Waals surface area (Å²) in [4.78, 5) is 28.5. The zero-order valence-corrected chi connectivity index (χ0v) is 16.9. The molecule has 1 fully saturated rings. The second-order valence-electron chi connectivity index (χ2n) is 7.10. The topological polar surface area (TPSA) is 70.6 Å². The van der Waals surface area contributed by atoms with Crippen LogP contribution in [0.1, 0.15) is 36.0 Å². The number of aromatic nitrogens is 2. The van der Waals surface area contributed by atoms with E-state index in [1.54, 1.807) is 7.11 Å². The molecule has 1 saturated heterocycles. The van der Waals surface area contributed by atoms with Gasteiger partial charge >= 0.3 is 6.03 Å². The molecule has 1 aliphatic carbocycles. The third-order valence-corrected chi connectivity index (χ3v) is 6.50. The summed E-state index contributed by atoms with van der Waals surface area (Å²) in [5, 5.41) is 4.13. The molecule has 4 rings (SSSR count). The number of fused-ring (bicyclic) bond motifs is 3. The highest BCUT2D eigenvalue weighted by molar-refractivity contribution is 7.19. The normalized spacial score (nSPS) is 17.3. The molecule has 0 unspecified atom stereocenters. The van der Waals surface area contributed by atoms with Crippen LogP contribution in [0.4, 0.5) is 10.6 Å². The number of nitrogens with zero attached hydrogens (tertiary/aromatic N) is 4. The molecule has 0 spiro atoms. The Morgan fingerprint density at radius 2 is 1.96 bits per heavy atom. The van der Waals surface area contributed by atoms with E-state index < -0.39 is 0 Å². The number of carbonyl (C=O) groups excluding carboxylic acids is 1. The SMILES string of the molecule is CCNC(=O)N1CCN(c2nc(COC)nc3sc4c(c23)CCCC4)CC1. The molecule has 0 radical (unpaired) electrons. The molecule has 2 amide bonds. The van der Waals surface area contributed by atoms with Gasteiger partial charge in [-0.3, -0.25) is 0 Å². The number of thiophene rings is 1. The number of methoxy groups -OCH3 is 1. The molecule has 0 atom stereocenters. The molecule has 27 heavy (non-hydrogen) atoms. The van der Waals surface area contributed by atoms with E-state index in [0.29, 0.717) is 26.2 Å². The van der Waals surface area contributed by atoms with Crippen molar-refractivity contribution >= 4 is 33.4 Å². The first-order valence-electron chi connectivity index (χ1n) is 9.79. The minimum Gasteiger partial charge on any atom is -0.377 e. The van der Waals surface area contributed by atoms with E-state index in [1.165, 1.54) is 28.7 Å². The third kappa shape index (κ3) is 3.60. The second kappa shape index (κ2) is 7.98. The van der Waals surface area contributed by atoms with Gasteiger partial charge in [0.15, 0.2) is 5.82 Å². The molecule has 2 aromatic heterocycles. The number of piperazine rings is 1. The van der Waals surface area contributed by atoms with E-state index in [9.17, 15) is 4.79 Å². The number of hydrogen-bond acceptors (Lipinski definition) is 6. The number of nitrogens with one attached hydrogen (secondary N) is 1. The van der Waals surface area contributed by atoms with Crippen molar-refractivity contribution in [2.45, 2.75) is 39.2 Å². The summed E-state index contributed by atoms with van der Waals surface area (Å²) in [7, 11) is 1.68. The van der Waals surface area contributed by atoms with Crippen LogP contribution in [0.5, 0.6) is 0 Å². The minimum atomic E-state index is 0.0259. The first kappa shape index (κ1) is 18.4. The highest BCUT2D eigenvalue weighted by atomic mass is 32.1. The van der Waals surface area contributed by atoms with Gasteiger partial charge in [-0.05, 0) is 38.2 Å². The molecule has 2 aromatic rings. The van der Waals surface area contributed by atoms with Gasteiger partial charge in [-0.15, -0.1) is 11.3 Å². The molecule has 2 aliphatic rings. The molecule has 1 N–H and O–H groups in total. The maximum atomic E-state index is 12.1. The van der Waals surface area contributed by atoms with E-state index in [1.807, 2.05) is 23.2 Å². The van der Waals surface area contributed by atoms with E-state index in [-0.39, 0.29) is 6.03 Å². The van der Waals surface area contributed by atoms with Gasteiger partial charge in [-0.1, -0.05) is 0 Å². The van der Waals surface area contributed by atoms with Gasteiger partial charge in [0.2, 0.25) is 0 Å². The van der Waals surface area contributed by atoms with Crippen LogP contribution in [0.15, 0.2) is 0 Å². The van der Waals surface area contributed by atoms with Crippen molar-refractivity contribution in [1.82, 2.24) is 20.2 Å². The highest BCUT2D eigenvalue weighted by Crippen LogP contribution is 2.40. The number of anilines is 1. The third-order valence-electron chi connectivity index (χ3n) is 5.31. The summed E-state index contributed by atoms with van der Waals surface area (Å²) in [6.45, 7) is 6.04. The van der Waals surface area contributed by atoms with Crippen LogP contribution >= 0.6 is 11.3 Å². The van der Waals surface area contributed by atoms with Crippen molar-refractivity contribution in [3.05, 3.63) is 16.3 Å². The predicted molar refractivity (Wildman–Crippen MR) is 108 cm³/mol. The van der Waals surface area contributed by atoms with Crippen LogP contribution in [0.3, 0.4) is 0 Å². The Balaban J connectivity index is 1.66. The van der Waals surface area contributed by atoms with Crippen LogP contribution in [-0.2, 0) is 24.2 Å². The molecule has 0 aromatic carbocycles. The summed E-state index contributed by atoms with van der Waals surface area (Å²) < 4.78 is 5.30. The lowest BCUT2D eigenvalue weighted by Crippen LogP contribution is -2.52. The summed E-state index contributed by atoms with van der Waals surface area (Å²) in [5.41, 5.74) is 1.45. The Hall–Kier alpha value is -1.93. The highest BCUT2D eigenvalue weighted by Gasteiger charge is 2.27. The average Bonchev–Trinajstić information content (AvgIpc) is 3.06. The van der Waals surface area contributed by atoms with Gasteiger partial charge in [0.05, 0.1) is 5.39 Å². The van der Waals surface area contributed by atoms with E-state index in [2.05, 4.69) is 10.2 Å². The minimum absolute atomic E-state index is 0.0259. The number of aryl methyl sites for hydroxylation is 2. The molecule has 7 nitrogen and oxygen atoms in total. The van der Waals surface area contributed by atoms with Gasteiger partial charge in [0.1, 0.15) is 17.3 Å². The second-order valence-corrected chi connectivity index (χ2v) is 8.18. The lowest BCUT2D eigenvalue weighted by atomic mass is 9.97. The lowest BCUT2D eigenvalue weighted by Gasteiger charge is -2.35. The fourth-order valence-corrected chi connectivity index (χ4v) is 5.26. The van der Waals surface area contributed by atoms with Crippen molar-refractivity contribution in [3.63, 3.8) is 0 Å². The molecule has 146 valence electrons. The Labute approximate surface area is 163 Å². The van der Waals surface area contributed by atoms with E-state index in [4.69, 9.17) is 14.7 Å². The number of hydrogen-bond donors (Lipinski definition) is 1. The van der Waals surface area contributed by atoms with Gasteiger partial charge in [-0.25, -0.2) is 14.8 Å². The number of rotatable bonds is 4. The number of amides is 2. The van der Waals surface area contributed by atoms with Crippen LogP contribution in [0, 0.1) is 0 Å². The van der Waals surface area contributed by atoms with Crippen LogP contribution < -0.4 is 10.2 Å². The number of carbonyl (C=O) groups is 1. The summed E-state index contributed by atoms with van der Waals surface area (Å²) in [6, 6.07) is 0.0259. The predicted octanol–water partition coefficient (Wildman–Crippen LogP) is 2.57. The Morgan fingerprint density at radius 1 is 1.19 bits per heavy atom. The molecule has 0 bridgehead atoms. The number of ether oxygens (including phenoxy) is 1. The zero-order chi connectivity index (χ0) is 18.8. The van der Waals surface area contributed by atoms with Crippen molar-refractivity contribution < 1.29 is 9.53 Å². The monoisotopic (exact) mass is 389 g/mol. The fraction of sp³-hybridized carbons (Fsp3) is 0.632. The van der Waals surface area contributed by atoms with E-state index in [0.717, 1.165) is 42.4 Å². The van der Waals surface area contributed by atoms with E-state index >= 15 is 0 Å². The lowest BCUT2D eigenvalue weighted by molar-refractivity contribution is 0.178. The van der Waals surface area contributed by atoms with Crippen molar-refractivity contribution in [3.8, 4) is 0 Å². The maximum Gasteiger partial charge on any atom is 0.317 e. The van der Waals surface area contributed by atoms with Gasteiger partial charge in [0, 0.05) is 44.7 Å². The van der Waals surface area contributed by atoms with Gasteiger partial charge < -0.3 is 19.9 Å². The van der Waals surface area contributed by atoms with Crippen molar-refractivity contribution in [2.75, 3.05) is 44.7 Å². The molecule has 8 heteroatoms. The summed E-state index contributed by atoms with van der Waals surface area (Å²) >= 11 is 1.82. The maximum absolute atomic E-state index is 12.1. The number of urea groups is 1. The summed E-state index contributed by atoms with van der Waals surface area (Å²) in [5.74, 6) is 1.77. The standard InChI is InChI=1S/C19H27N5O2S/c1-3-20-19(25)24-10-8-23(9-11-24)17-16-13-6-4-5-7-14(13)27-18(16)22-15(21-17)12-26-2/h3-12H2,1-2H3,(H,20,25). The van der Waals surface area contributed by atoms with Crippen LogP contribution in [0.25, 0.3) is 10.2 Å². The molecular weight excluding hydrogens is 362 g/mol. The first-order chi connectivity index (χ1) is 13.2. The fourth-order valence-electron chi connectivity index (χ4n) is 3.99. The van der Waals surface area contributed by atoms with Crippen LogP contribution in [0.2, 0.25) is 0 Å². The molecule has 1 aliphatic heterocycles. The van der Waals surface area contributed by atoms with Gasteiger partial charge in [-0.2, -0.15) is 0 Å². The Bertz CT molecular complexity index is 829. The average molecular weight is 390 g/mol. The van der Waals surface area contributed by atoms with Gasteiger partial charge in [0.25, 0.3) is 0 Å². The Morgan fingerprint density at radius 3 is 2.70 bits per heavy atom. The summed E-state index contributed by atoms with van der Waals surface area (Å²) in [6.07, 6.45) is 4.77. The largest absolute Gasteiger partial charge is 0.377 e. The van der Waals surface area contributed by atoms with Crippen molar-refractivity contribution in [2.24, 2.45) is 0 Å². The van der Waals surface area contributed by atoms with Crippen LogP contribution in [-0.4, -0.2) is 60.7 Å². The Kier molecular flexibility index (Phi) is 5.45. The molecular formula is C19H27N5O2S. The smallest absolute Gasteiger partial charge is 0.317 e.